The fraction of sp³-hybridized carbons (Fsp3) is 0.857. The van der Waals surface area contributed by atoms with Crippen molar-refractivity contribution in [2.75, 3.05) is 0 Å². The van der Waals surface area contributed by atoms with Gasteiger partial charge in [0, 0.05) is 16.5 Å². The molecule has 0 unspecified atom stereocenters. The number of hydrogen-bond donors (Lipinski definition) is 1. The molecule has 0 aromatic carbocycles. The van der Waals surface area contributed by atoms with Gasteiger partial charge >= 0.3 is 0 Å². The Kier molecular flexibility index (Phi) is 5.86. The topological polar surface area (TPSA) is 41.5 Å². The summed E-state index contributed by atoms with van der Waals surface area (Å²) >= 11 is 0. The molecule has 0 radical (unpaired) electrons. The van der Waals surface area contributed by atoms with Crippen molar-refractivity contribution in [3.8, 4) is 0 Å². The number of rotatable bonds is 6. The molecule has 1 amide bonds. The van der Waals surface area contributed by atoms with Crippen LogP contribution < -0.4 is 5.43 Å². The average molecular weight is 240 g/mol. The maximum atomic E-state index is 11.9. The van der Waals surface area contributed by atoms with E-state index in [0.717, 1.165) is 25.0 Å². The molecule has 0 atom stereocenters. The van der Waals surface area contributed by atoms with E-state index in [1.165, 1.54) is 0 Å². The molecule has 0 aromatic rings. The lowest BCUT2D eigenvalue weighted by Gasteiger charge is -2.27. The van der Waals surface area contributed by atoms with E-state index in [4.69, 9.17) is 0 Å². The molecule has 3 heteroatoms. The molecular weight excluding hydrogens is 212 g/mol. The van der Waals surface area contributed by atoms with Crippen LogP contribution in [0.2, 0.25) is 0 Å². The number of nitrogens with one attached hydrogen (secondary N) is 1. The average Bonchev–Trinajstić information content (AvgIpc) is 2.33. The molecule has 0 aliphatic rings. The minimum atomic E-state index is -0.349. The Morgan fingerprint density at radius 1 is 1.06 bits per heavy atom. The highest BCUT2D eigenvalue weighted by Gasteiger charge is 2.27. The van der Waals surface area contributed by atoms with E-state index in [-0.39, 0.29) is 16.7 Å². The first-order chi connectivity index (χ1) is 7.73. The molecule has 0 aromatic heterocycles. The molecule has 1 N–H and O–H groups in total. The second-order valence-electron chi connectivity index (χ2n) is 5.64. The summed E-state index contributed by atoms with van der Waals surface area (Å²) < 4.78 is 0. The van der Waals surface area contributed by atoms with Crippen LogP contribution in [0.1, 0.15) is 67.7 Å². The summed E-state index contributed by atoms with van der Waals surface area (Å²) in [5.41, 5.74) is 3.44. The van der Waals surface area contributed by atoms with Gasteiger partial charge in [-0.25, -0.2) is 5.43 Å². The first kappa shape index (κ1) is 16.1. The molecule has 0 saturated carbocycles. The number of carbonyl (C=O) groups is 1. The van der Waals surface area contributed by atoms with Crippen LogP contribution in [-0.4, -0.2) is 11.6 Å². The minimum Gasteiger partial charge on any atom is -0.273 e. The minimum absolute atomic E-state index is 0.00564. The van der Waals surface area contributed by atoms with Crippen LogP contribution in [-0.2, 0) is 4.79 Å². The van der Waals surface area contributed by atoms with Crippen LogP contribution in [0.4, 0.5) is 0 Å². The van der Waals surface area contributed by atoms with Crippen molar-refractivity contribution in [2.45, 2.75) is 67.7 Å². The zero-order valence-electron chi connectivity index (χ0n) is 12.5. The van der Waals surface area contributed by atoms with E-state index >= 15 is 0 Å². The van der Waals surface area contributed by atoms with Crippen LogP contribution in [0.3, 0.4) is 0 Å². The molecule has 0 spiro atoms. The fourth-order valence-electron chi connectivity index (χ4n) is 1.34. The van der Waals surface area contributed by atoms with Gasteiger partial charge in [0.15, 0.2) is 0 Å². The van der Waals surface area contributed by atoms with Gasteiger partial charge in [-0.3, -0.25) is 4.79 Å². The molecule has 0 aliphatic heterocycles. The van der Waals surface area contributed by atoms with Gasteiger partial charge in [-0.1, -0.05) is 41.5 Å². The van der Waals surface area contributed by atoms with Gasteiger partial charge in [-0.2, -0.15) is 5.10 Å². The molecule has 0 heterocycles. The first-order valence-electron chi connectivity index (χ1n) is 6.58. The van der Waals surface area contributed by atoms with E-state index in [0.29, 0.717) is 0 Å². The molecule has 3 nitrogen and oxygen atoms in total. The lowest BCUT2D eigenvalue weighted by molar-refractivity contribution is -0.129. The highest BCUT2D eigenvalue weighted by Crippen LogP contribution is 2.27. The monoisotopic (exact) mass is 240 g/mol. The highest BCUT2D eigenvalue weighted by molar-refractivity contribution is 5.89. The van der Waals surface area contributed by atoms with Crippen molar-refractivity contribution >= 4 is 11.6 Å². The van der Waals surface area contributed by atoms with Gasteiger partial charge in [-0.15, -0.1) is 0 Å². The molecule has 0 aliphatic carbocycles. The standard InChI is InChI=1S/C14H28N2O/c1-8-13(5,6)12(17)16-15-11(4)14(7,9-2)10-3/h8-10H2,1-7H3,(H,16,17)/b15-11+. The summed E-state index contributed by atoms with van der Waals surface area (Å²) in [6.07, 6.45) is 2.88. The van der Waals surface area contributed by atoms with E-state index in [1.54, 1.807) is 0 Å². The Bertz CT molecular complexity index is 289. The highest BCUT2D eigenvalue weighted by atomic mass is 16.2. The summed E-state index contributed by atoms with van der Waals surface area (Å²) in [5, 5.41) is 4.27. The predicted octanol–water partition coefficient (Wildman–Crippen LogP) is 3.74. The Hall–Kier alpha value is -0.860. The third-order valence-electron chi connectivity index (χ3n) is 4.26. The largest absolute Gasteiger partial charge is 0.273 e. The van der Waals surface area contributed by atoms with Crippen molar-refractivity contribution in [3.63, 3.8) is 0 Å². The Morgan fingerprint density at radius 3 is 1.88 bits per heavy atom. The molecule has 100 valence electrons. The van der Waals surface area contributed by atoms with Crippen LogP contribution in [0.15, 0.2) is 5.10 Å². The summed E-state index contributed by atoms with van der Waals surface area (Å²) in [4.78, 5) is 11.9. The van der Waals surface area contributed by atoms with Crippen molar-refractivity contribution in [3.05, 3.63) is 0 Å². The third-order valence-corrected chi connectivity index (χ3v) is 4.26. The lowest BCUT2D eigenvalue weighted by Crippen LogP contribution is -2.35. The van der Waals surface area contributed by atoms with Crippen LogP contribution in [0, 0.1) is 10.8 Å². The Morgan fingerprint density at radius 2 is 1.53 bits per heavy atom. The quantitative estimate of drug-likeness (QED) is 0.557. The zero-order chi connectivity index (χ0) is 13.7. The van der Waals surface area contributed by atoms with E-state index < -0.39 is 0 Å². The SMILES string of the molecule is CCC(C)(C)C(=O)N/N=C(\C)C(C)(CC)CC. The first-order valence-corrected chi connectivity index (χ1v) is 6.58. The van der Waals surface area contributed by atoms with Gasteiger partial charge in [0.2, 0.25) is 5.91 Å². The normalized spacial score (nSPS) is 13.7. The second-order valence-corrected chi connectivity index (χ2v) is 5.64. The van der Waals surface area contributed by atoms with E-state index in [1.807, 2.05) is 27.7 Å². The molecule has 0 saturated heterocycles. The Balaban J connectivity index is 4.69. The summed E-state index contributed by atoms with van der Waals surface area (Å²) in [6.45, 7) is 14.4. The molecule has 0 fully saturated rings. The van der Waals surface area contributed by atoms with Gasteiger partial charge in [0.1, 0.15) is 0 Å². The molecule has 0 bridgehead atoms. The number of amides is 1. The van der Waals surface area contributed by atoms with Crippen molar-refractivity contribution < 1.29 is 4.79 Å². The molecule has 17 heavy (non-hydrogen) atoms. The lowest BCUT2D eigenvalue weighted by atomic mass is 9.80. The second kappa shape index (κ2) is 6.18. The van der Waals surface area contributed by atoms with Gasteiger partial charge < -0.3 is 0 Å². The number of carbonyl (C=O) groups excluding carboxylic acids is 1. The fourth-order valence-corrected chi connectivity index (χ4v) is 1.34. The third kappa shape index (κ3) is 4.14. The molecular formula is C14H28N2O. The van der Waals surface area contributed by atoms with Crippen molar-refractivity contribution in [1.82, 2.24) is 5.43 Å². The van der Waals surface area contributed by atoms with E-state index in [9.17, 15) is 4.79 Å². The number of hydrazone groups is 1. The van der Waals surface area contributed by atoms with Crippen molar-refractivity contribution in [1.29, 1.82) is 0 Å². The molecule has 0 rings (SSSR count). The zero-order valence-corrected chi connectivity index (χ0v) is 12.5. The summed E-state index contributed by atoms with van der Waals surface area (Å²) in [5.74, 6) is -0.00564. The van der Waals surface area contributed by atoms with Crippen molar-refractivity contribution in [2.24, 2.45) is 15.9 Å². The number of hydrogen-bond acceptors (Lipinski definition) is 2. The summed E-state index contributed by atoms with van der Waals surface area (Å²) in [7, 11) is 0. The maximum Gasteiger partial charge on any atom is 0.245 e. The van der Waals surface area contributed by atoms with Gasteiger partial charge in [-0.05, 0) is 26.2 Å². The van der Waals surface area contributed by atoms with E-state index in [2.05, 4.69) is 31.3 Å². The predicted molar refractivity (Wildman–Crippen MR) is 74.0 cm³/mol. The maximum absolute atomic E-state index is 11.9. The van der Waals surface area contributed by atoms with Crippen LogP contribution in [0.5, 0.6) is 0 Å². The summed E-state index contributed by atoms with van der Waals surface area (Å²) in [6, 6.07) is 0. The van der Waals surface area contributed by atoms with Crippen LogP contribution in [0.25, 0.3) is 0 Å². The van der Waals surface area contributed by atoms with Crippen LogP contribution >= 0.6 is 0 Å². The number of nitrogens with zero attached hydrogens (tertiary/aromatic N) is 1. The van der Waals surface area contributed by atoms with Gasteiger partial charge in [0.05, 0.1) is 0 Å². The smallest absolute Gasteiger partial charge is 0.245 e. The Labute approximate surface area is 106 Å². The van der Waals surface area contributed by atoms with Gasteiger partial charge in [0.25, 0.3) is 0 Å².